The predicted octanol–water partition coefficient (Wildman–Crippen LogP) is 4.34. The second kappa shape index (κ2) is 5.98. The molecule has 1 unspecified atom stereocenters. The van der Waals surface area contributed by atoms with Crippen LogP contribution in [-0.4, -0.2) is 14.2 Å². The van der Waals surface area contributed by atoms with Crippen molar-refractivity contribution >= 4 is 11.6 Å². The van der Waals surface area contributed by atoms with Crippen LogP contribution in [-0.2, 0) is 0 Å². The van der Waals surface area contributed by atoms with Gasteiger partial charge in [0.25, 0.3) is 0 Å². The average molecular weight is 277 g/mol. The number of aryl methyl sites for hydroxylation is 1. The van der Waals surface area contributed by atoms with Gasteiger partial charge in [0.15, 0.2) is 0 Å². The van der Waals surface area contributed by atoms with Crippen molar-refractivity contribution in [3.8, 4) is 11.5 Å². The van der Waals surface area contributed by atoms with Crippen LogP contribution < -0.4 is 9.47 Å². The third-order valence-corrected chi connectivity index (χ3v) is 3.54. The molecule has 1 atom stereocenters. The SMILES string of the molecule is COc1ccccc1C(Cl)c1cc(C)ccc1OC. The maximum atomic E-state index is 6.61. The highest BCUT2D eigenvalue weighted by Crippen LogP contribution is 2.39. The Hall–Kier alpha value is -1.67. The van der Waals surface area contributed by atoms with Crippen LogP contribution in [0.1, 0.15) is 22.1 Å². The van der Waals surface area contributed by atoms with Gasteiger partial charge in [-0.15, -0.1) is 11.6 Å². The molecule has 100 valence electrons. The van der Waals surface area contributed by atoms with Gasteiger partial charge in [-0.25, -0.2) is 0 Å². The number of para-hydroxylation sites is 1. The molecule has 0 radical (unpaired) electrons. The Morgan fingerprint density at radius 2 is 1.53 bits per heavy atom. The Morgan fingerprint density at radius 3 is 2.21 bits per heavy atom. The van der Waals surface area contributed by atoms with Gasteiger partial charge in [0.05, 0.1) is 19.6 Å². The topological polar surface area (TPSA) is 18.5 Å². The largest absolute Gasteiger partial charge is 0.496 e. The summed E-state index contributed by atoms with van der Waals surface area (Å²) in [5.41, 5.74) is 3.04. The van der Waals surface area contributed by atoms with Gasteiger partial charge in [-0.3, -0.25) is 0 Å². The van der Waals surface area contributed by atoms with Crippen molar-refractivity contribution in [1.82, 2.24) is 0 Å². The van der Waals surface area contributed by atoms with Crippen molar-refractivity contribution in [2.75, 3.05) is 14.2 Å². The number of halogens is 1. The van der Waals surface area contributed by atoms with Crippen LogP contribution in [0, 0.1) is 6.92 Å². The minimum absolute atomic E-state index is 0.300. The fourth-order valence-corrected chi connectivity index (χ4v) is 2.45. The van der Waals surface area contributed by atoms with Gasteiger partial charge in [-0.2, -0.15) is 0 Å². The summed E-state index contributed by atoms with van der Waals surface area (Å²) in [5, 5.41) is -0.300. The lowest BCUT2D eigenvalue weighted by Crippen LogP contribution is -2.00. The smallest absolute Gasteiger partial charge is 0.123 e. The second-order valence-electron chi connectivity index (χ2n) is 4.35. The predicted molar refractivity (Wildman–Crippen MR) is 78.4 cm³/mol. The van der Waals surface area contributed by atoms with Gasteiger partial charge in [-0.05, 0) is 19.1 Å². The molecular formula is C16H17ClO2. The van der Waals surface area contributed by atoms with Gasteiger partial charge >= 0.3 is 0 Å². The fraction of sp³-hybridized carbons (Fsp3) is 0.250. The molecule has 2 aromatic rings. The summed E-state index contributed by atoms with van der Waals surface area (Å²) in [5.74, 6) is 1.57. The quantitative estimate of drug-likeness (QED) is 0.774. The molecule has 0 aliphatic carbocycles. The van der Waals surface area contributed by atoms with Gasteiger partial charge in [0.1, 0.15) is 11.5 Å². The maximum absolute atomic E-state index is 6.61. The summed E-state index contributed by atoms with van der Waals surface area (Å²) in [6.45, 7) is 2.04. The van der Waals surface area contributed by atoms with Crippen molar-refractivity contribution in [3.05, 3.63) is 59.2 Å². The number of benzene rings is 2. The van der Waals surface area contributed by atoms with Gasteiger partial charge in [0, 0.05) is 11.1 Å². The minimum Gasteiger partial charge on any atom is -0.496 e. The number of ether oxygens (including phenoxy) is 2. The Bertz CT molecular complexity index is 566. The highest BCUT2D eigenvalue weighted by Gasteiger charge is 2.19. The second-order valence-corrected chi connectivity index (χ2v) is 4.79. The van der Waals surface area contributed by atoms with E-state index in [-0.39, 0.29) is 5.38 Å². The molecule has 0 N–H and O–H groups in total. The van der Waals surface area contributed by atoms with E-state index in [2.05, 4.69) is 0 Å². The maximum Gasteiger partial charge on any atom is 0.123 e. The zero-order chi connectivity index (χ0) is 13.8. The molecule has 2 nitrogen and oxygen atoms in total. The molecule has 0 aliphatic heterocycles. The summed E-state index contributed by atoms with van der Waals surface area (Å²) < 4.78 is 10.8. The fourth-order valence-electron chi connectivity index (χ4n) is 2.10. The van der Waals surface area contributed by atoms with E-state index in [0.29, 0.717) is 0 Å². The van der Waals surface area contributed by atoms with Crippen LogP contribution in [0.3, 0.4) is 0 Å². The Labute approximate surface area is 118 Å². The van der Waals surface area contributed by atoms with E-state index in [1.807, 2.05) is 49.4 Å². The molecule has 0 aliphatic rings. The number of alkyl halides is 1. The lowest BCUT2D eigenvalue weighted by atomic mass is 10.0. The Balaban J connectivity index is 2.49. The molecule has 0 bridgehead atoms. The van der Waals surface area contributed by atoms with Gasteiger partial charge in [-0.1, -0.05) is 35.9 Å². The monoisotopic (exact) mass is 276 g/mol. The molecule has 0 fully saturated rings. The van der Waals surface area contributed by atoms with E-state index in [1.165, 1.54) is 0 Å². The first-order valence-electron chi connectivity index (χ1n) is 6.09. The van der Waals surface area contributed by atoms with E-state index in [9.17, 15) is 0 Å². The summed E-state index contributed by atoms with van der Waals surface area (Å²) >= 11 is 6.61. The van der Waals surface area contributed by atoms with Crippen LogP contribution in [0.4, 0.5) is 0 Å². The Morgan fingerprint density at radius 1 is 0.895 bits per heavy atom. The molecule has 0 amide bonds. The summed E-state index contributed by atoms with van der Waals surface area (Å²) in [7, 11) is 3.30. The zero-order valence-electron chi connectivity index (χ0n) is 11.3. The molecular weight excluding hydrogens is 260 g/mol. The van der Waals surface area contributed by atoms with Crippen LogP contribution in [0.2, 0.25) is 0 Å². The van der Waals surface area contributed by atoms with Crippen molar-refractivity contribution < 1.29 is 9.47 Å². The van der Waals surface area contributed by atoms with Crippen LogP contribution >= 0.6 is 11.6 Å². The lowest BCUT2D eigenvalue weighted by Gasteiger charge is -2.17. The summed E-state index contributed by atoms with van der Waals surface area (Å²) in [4.78, 5) is 0. The van der Waals surface area contributed by atoms with E-state index in [1.54, 1.807) is 14.2 Å². The summed E-state index contributed by atoms with van der Waals surface area (Å²) in [6.07, 6.45) is 0. The van der Waals surface area contributed by atoms with E-state index in [4.69, 9.17) is 21.1 Å². The van der Waals surface area contributed by atoms with Crippen molar-refractivity contribution in [3.63, 3.8) is 0 Å². The van der Waals surface area contributed by atoms with Crippen LogP contribution in [0.5, 0.6) is 11.5 Å². The summed E-state index contributed by atoms with van der Waals surface area (Å²) in [6, 6.07) is 13.8. The molecule has 3 heteroatoms. The average Bonchev–Trinajstić information content (AvgIpc) is 2.46. The molecule has 2 aromatic carbocycles. The molecule has 0 spiro atoms. The van der Waals surface area contributed by atoms with Gasteiger partial charge < -0.3 is 9.47 Å². The zero-order valence-corrected chi connectivity index (χ0v) is 12.1. The number of methoxy groups -OCH3 is 2. The molecule has 0 heterocycles. The lowest BCUT2D eigenvalue weighted by molar-refractivity contribution is 0.404. The highest BCUT2D eigenvalue weighted by molar-refractivity contribution is 6.23. The van der Waals surface area contributed by atoms with E-state index < -0.39 is 0 Å². The van der Waals surface area contributed by atoms with Crippen molar-refractivity contribution in [1.29, 1.82) is 0 Å². The van der Waals surface area contributed by atoms with Crippen LogP contribution in [0.15, 0.2) is 42.5 Å². The minimum atomic E-state index is -0.300. The van der Waals surface area contributed by atoms with Crippen molar-refractivity contribution in [2.24, 2.45) is 0 Å². The standard InChI is InChI=1S/C16H17ClO2/c1-11-8-9-15(19-3)13(10-11)16(17)12-6-4-5-7-14(12)18-2/h4-10,16H,1-3H3. The normalized spacial score (nSPS) is 12.0. The van der Waals surface area contributed by atoms with E-state index in [0.717, 1.165) is 28.2 Å². The number of hydrogen-bond acceptors (Lipinski definition) is 2. The van der Waals surface area contributed by atoms with Crippen molar-refractivity contribution in [2.45, 2.75) is 12.3 Å². The first-order valence-corrected chi connectivity index (χ1v) is 6.52. The van der Waals surface area contributed by atoms with Gasteiger partial charge in [0.2, 0.25) is 0 Å². The molecule has 0 aromatic heterocycles. The van der Waals surface area contributed by atoms with Crippen LogP contribution in [0.25, 0.3) is 0 Å². The number of rotatable bonds is 4. The third-order valence-electron chi connectivity index (χ3n) is 3.07. The van der Waals surface area contributed by atoms with E-state index >= 15 is 0 Å². The first-order chi connectivity index (χ1) is 9.17. The number of hydrogen-bond donors (Lipinski definition) is 0. The Kier molecular flexibility index (Phi) is 4.33. The molecule has 19 heavy (non-hydrogen) atoms. The highest BCUT2D eigenvalue weighted by atomic mass is 35.5. The third kappa shape index (κ3) is 2.85. The first kappa shape index (κ1) is 13.8. The molecule has 0 saturated carbocycles. The molecule has 2 rings (SSSR count). The molecule has 0 saturated heterocycles.